The second-order valence-electron chi connectivity index (χ2n) is 14.9. The third kappa shape index (κ3) is 35.8. The van der Waals surface area contributed by atoms with E-state index in [4.69, 9.17) is 4.74 Å². The number of hydrogen-bond donors (Lipinski definition) is 0. The van der Waals surface area contributed by atoms with Crippen molar-refractivity contribution in [1.29, 1.82) is 0 Å². The molecule has 0 radical (unpaired) electrons. The predicted octanol–water partition coefficient (Wildman–Crippen LogP) is 15.3. The molecule has 2 atom stereocenters. The molecule has 0 aliphatic rings. The molecule has 0 rings (SSSR count). The van der Waals surface area contributed by atoms with E-state index in [1.165, 1.54) is 161 Å². The zero-order valence-electron chi connectivity index (χ0n) is 33.5. The molecule has 2 nitrogen and oxygen atoms in total. The van der Waals surface area contributed by atoms with E-state index in [1.54, 1.807) is 0 Å². The summed E-state index contributed by atoms with van der Waals surface area (Å²) in [6, 6.07) is 0.594. The van der Waals surface area contributed by atoms with Crippen molar-refractivity contribution in [2.45, 2.75) is 213 Å². The quantitative estimate of drug-likeness (QED) is 0.0374. The van der Waals surface area contributed by atoms with Gasteiger partial charge in [0.2, 0.25) is 0 Å². The summed E-state index contributed by atoms with van der Waals surface area (Å²) in [4.78, 5) is 2.31. The normalized spacial score (nSPS) is 14.0. The number of hydrogen-bond acceptors (Lipinski definition) is 2. The van der Waals surface area contributed by atoms with E-state index in [0.29, 0.717) is 18.1 Å². The molecule has 2 heteroatoms. The molecule has 0 aromatic carbocycles. The molecule has 0 heterocycles. The number of allylic oxidation sites excluding steroid dienone is 9. The van der Waals surface area contributed by atoms with Gasteiger partial charge in [0.05, 0.1) is 12.4 Å². The molecular weight excluding hydrogens is 583 g/mol. The molecule has 0 saturated carbocycles. The van der Waals surface area contributed by atoms with Gasteiger partial charge >= 0.3 is 0 Å². The van der Waals surface area contributed by atoms with Crippen molar-refractivity contribution in [3.63, 3.8) is 0 Å². The molecule has 0 bridgehead atoms. The second-order valence-corrected chi connectivity index (χ2v) is 14.9. The van der Waals surface area contributed by atoms with Gasteiger partial charge in [-0.25, -0.2) is 0 Å². The summed E-state index contributed by atoms with van der Waals surface area (Å²) in [5.41, 5.74) is 0. The lowest BCUT2D eigenvalue weighted by atomic mass is 10.0. The van der Waals surface area contributed by atoms with Gasteiger partial charge in [0, 0.05) is 6.04 Å². The predicted molar refractivity (Wildman–Crippen MR) is 219 cm³/mol. The lowest BCUT2D eigenvalue weighted by molar-refractivity contribution is 0.119. The average Bonchev–Trinajstić information content (AvgIpc) is 3.07. The maximum absolute atomic E-state index is 6.38. The van der Waals surface area contributed by atoms with E-state index in [0.717, 1.165) is 12.8 Å². The molecule has 0 aromatic rings. The van der Waals surface area contributed by atoms with E-state index in [-0.39, 0.29) is 0 Å². The largest absolute Gasteiger partial charge is 0.498 e. The Bertz CT molecular complexity index is 727. The highest BCUT2D eigenvalue weighted by atomic mass is 16.5. The molecule has 2 unspecified atom stereocenters. The van der Waals surface area contributed by atoms with E-state index >= 15 is 0 Å². The summed E-state index contributed by atoms with van der Waals surface area (Å²) in [6.07, 6.45) is 58.6. The fourth-order valence-electron chi connectivity index (χ4n) is 6.12. The van der Waals surface area contributed by atoms with E-state index in [1.807, 2.05) is 6.26 Å². The molecular formula is C46H85NO. The van der Waals surface area contributed by atoms with Gasteiger partial charge in [0.15, 0.2) is 0 Å². The third-order valence-corrected chi connectivity index (χ3v) is 9.73. The Labute approximate surface area is 303 Å². The van der Waals surface area contributed by atoms with Crippen LogP contribution in [0, 0.1) is 5.92 Å². The van der Waals surface area contributed by atoms with Crippen LogP contribution in [0.1, 0.15) is 201 Å². The molecule has 0 saturated heterocycles. The summed E-state index contributed by atoms with van der Waals surface area (Å²) >= 11 is 0. The van der Waals surface area contributed by atoms with Crippen LogP contribution in [-0.4, -0.2) is 31.1 Å². The monoisotopic (exact) mass is 668 g/mol. The zero-order chi connectivity index (χ0) is 35.2. The van der Waals surface area contributed by atoms with Crippen molar-refractivity contribution in [2.24, 2.45) is 5.92 Å². The van der Waals surface area contributed by atoms with Gasteiger partial charge in [0.1, 0.15) is 0 Å². The van der Waals surface area contributed by atoms with Crippen molar-refractivity contribution in [3.05, 3.63) is 60.9 Å². The van der Waals surface area contributed by atoms with Crippen LogP contribution in [0.4, 0.5) is 0 Å². The fraction of sp³-hybridized carbons (Fsp3) is 0.783. The molecule has 0 aliphatic carbocycles. The first-order chi connectivity index (χ1) is 23.5. The first-order valence-electron chi connectivity index (χ1n) is 21.1. The van der Waals surface area contributed by atoms with Crippen molar-refractivity contribution < 1.29 is 4.74 Å². The lowest BCUT2D eigenvalue weighted by Crippen LogP contribution is -2.26. The summed E-state index contributed by atoms with van der Waals surface area (Å²) < 4.78 is 6.38. The first-order valence-corrected chi connectivity index (χ1v) is 21.1. The molecule has 0 aromatic heterocycles. The minimum atomic E-state index is 0.386. The van der Waals surface area contributed by atoms with E-state index in [9.17, 15) is 0 Å². The summed E-state index contributed by atoms with van der Waals surface area (Å²) in [7, 11) is 4.35. The van der Waals surface area contributed by atoms with Crippen molar-refractivity contribution in [1.82, 2.24) is 4.90 Å². The summed E-state index contributed by atoms with van der Waals surface area (Å²) in [5, 5.41) is 0. The van der Waals surface area contributed by atoms with E-state index < -0.39 is 0 Å². The highest BCUT2D eigenvalue weighted by Gasteiger charge is 2.10. The SMILES string of the molecule is CCCCC/C=C\C/C=C\CCCCCCCCC(CCCCCCCC/C=C\C/C=C\CCCCC)O/C=C/C(C)CC(C)N(C)C. The van der Waals surface area contributed by atoms with Gasteiger partial charge in [-0.05, 0) is 129 Å². The smallest absolute Gasteiger partial charge is 0.0978 e. The van der Waals surface area contributed by atoms with Crippen molar-refractivity contribution >= 4 is 0 Å². The number of ether oxygens (including phenoxy) is 1. The van der Waals surface area contributed by atoms with Gasteiger partial charge < -0.3 is 9.64 Å². The van der Waals surface area contributed by atoms with Crippen molar-refractivity contribution in [2.75, 3.05) is 14.1 Å². The summed E-state index contributed by atoms with van der Waals surface area (Å²) in [6.45, 7) is 9.17. The Balaban J connectivity index is 4.16. The van der Waals surface area contributed by atoms with Gasteiger partial charge in [-0.3, -0.25) is 0 Å². The lowest BCUT2D eigenvalue weighted by Gasteiger charge is -2.22. The minimum Gasteiger partial charge on any atom is -0.498 e. The standard InChI is InChI=1S/C46H85NO/c1-7-9-11-13-15-17-19-21-23-25-27-29-31-33-35-37-39-46(48-42-41-44(3)43-45(4)47(5)6)40-38-36-34-32-30-28-26-24-22-20-18-16-14-12-10-8-2/h15-18,21-24,41-42,44-46H,7-14,19-20,25-40,43H2,1-6H3/b17-15-,18-16-,23-21-,24-22-,42-41+. The van der Waals surface area contributed by atoms with Crippen LogP contribution < -0.4 is 0 Å². The van der Waals surface area contributed by atoms with E-state index in [2.05, 4.69) is 101 Å². The summed E-state index contributed by atoms with van der Waals surface area (Å²) in [5.74, 6) is 0.548. The molecule has 0 aliphatic heterocycles. The van der Waals surface area contributed by atoms with Crippen LogP contribution in [0.15, 0.2) is 60.9 Å². The third-order valence-electron chi connectivity index (χ3n) is 9.73. The number of rotatable bonds is 36. The van der Waals surface area contributed by atoms with Crippen LogP contribution in [0.3, 0.4) is 0 Å². The highest BCUT2D eigenvalue weighted by molar-refractivity contribution is 4.93. The Morgan fingerprint density at radius 3 is 1.25 bits per heavy atom. The molecule has 0 amide bonds. The van der Waals surface area contributed by atoms with Crippen LogP contribution >= 0.6 is 0 Å². The second kappa shape index (κ2) is 38.3. The van der Waals surface area contributed by atoms with Crippen LogP contribution in [0.2, 0.25) is 0 Å². The van der Waals surface area contributed by atoms with Gasteiger partial charge in [-0.15, -0.1) is 0 Å². The molecule has 0 N–H and O–H groups in total. The van der Waals surface area contributed by atoms with Crippen LogP contribution in [0.25, 0.3) is 0 Å². The van der Waals surface area contributed by atoms with Gasteiger partial charge in [-0.2, -0.15) is 0 Å². The molecule has 280 valence electrons. The zero-order valence-corrected chi connectivity index (χ0v) is 33.5. The molecule has 0 fully saturated rings. The Hall–Kier alpha value is -1.54. The van der Waals surface area contributed by atoms with Crippen molar-refractivity contribution in [3.8, 4) is 0 Å². The number of unbranched alkanes of at least 4 members (excludes halogenated alkanes) is 18. The first kappa shape index (κ1) is 46.5. The van der Waals surface area contributed by atoms with Crippen LogP contribution in [-0.2, 0) is 4.74 Å². The minimum absolute atomic E-state index is 0.386. The fourth-order valence-corrected chi connectivity index (χ4v) is 6.12. The van der Waals surface area contributed by atoms with Gasteiger partial charge in [0.25, 0.3) is 0 Å². The maximum Gasteiger partial charge on any atom is 0.0978 e. The Morgan fingerprint density at radius 2 is 0.854 bits per heavy atom. The highest BCUT2D eigenvalue weighted by Crippen LogP contribution is 2.19. The Kier molecular flexibility index (Phi) is 37.0. The van der Waals surface area contributed by atoms with Crippen LogP contribution in [0.5, 0.6) is 0 Å². The maximum atomic E-state index is 6.38. The van der Waals surface area contributed by atoms with Gasteiger partial charge in [-0.1, -0.05) is 146 Å². The molecule has 48 heavy (non-hydrogen) atoms. The average molecular weight is 668 g/mol. The molecule has 0 spiro atoms. The topological polar surface area (TPSA) is 12.5 Å². The number of nitrogens with zero attached hydrogens (tertiary/aromatic N) is 1. The Morgan fingerprint density at radius 1 is 0.479 bits per heavy atom.